The molecule has 0 bridgehead atoms. The molecule has 2 rings (SSSR count). The Labute approximate surface area is 135 Å². The Morgan fingerprint density at radius 2 is 1.90 bits per heavy atom. The molecule has 1 N–H and O–H groups in total. The van der Waals surface area contributed by atoms with Crippen molar-refractivity contribution in [1.82, 2.24) is 9.97 Å². The van der Waals surface area contributed by atoms with Crippen molar-refractivity contribution < 1.29 is 0 Å². The maximum Gasteiger partial charge on any atom is 0.140 e. The second kappa shape index (κ2) is 8.25. The summed E-state index contributed by atoms with van der Waals surface area (Å²) in [6.07, 6.45) is 1.09. The standard InChI is InChI=1S/C16H20ClN3S/c1-3-8-18-15-9-12(2)19-16(20-15)11-21-10-13-4-6-14(17)7-5-13/h4-7,9H,3,8,10-11H2,1-2H3,(H,18,19,20). The van der Waals surface area contributed by atoms with Crippen LogP contribution in [0.4, 0.5) is 5.82 Å². The zero-order valence-electron chi connectivity index (χ0n) is 12.4. The summed E-state index contributed by atoms with van der Waals surface area (Å²) < 4.78 is 0. The van der Waals surface area contributed by atoms with E-state index in [0.717, 1.165) is 46.8 Å². The Hall–Kier alpha value is -1.26. The number of hydrogen-bond donors (Lipinski definition) is 1. The molecule has 2 aromatic rings. The maximum absolute atomic E-state index is 5.88. The summed E-state index contributed by atoms with van der Waals surface area (Å²) in [5.74, 6) is 3.55. The van der Waals surface area contributed by atoms with Crippen LogP contribution in [0.15, 0.2) is 30.3 Å². The number of aryl methyl sites for hydroxylation is 1. The third-order valence-electron chi connectivity index (χ3n) is 2.87. The molecule has 3 nitrogen and oxygen atoms in total. The van der Waals surface area contributed by atoms with Gasteiger partial charge in [0.2, 0.25) is 0 Å². The second-order valence-corrected chi connectivity index (χ2v) is 6.28. The van der Waals surface area contributed by atoms with E-state index in [-0.39, 0.29) is 0 Å². The number of nitrogens with one attached hydrogen (secondary N) is 1. The Kier molecular flexibility index (Phi) is 6.33. The topological polar surface area (TPSA) is 37.8 Å². The molecule has 0 aliphatic heterocycles. The Bertz CT molecular complexity index is 572. The maximum atomic E-state index is 5.88. The van der Waals surface area contributed by atoms with Crippen molar-refractivity contribution in [1.29, 1.82) is 0 Å². The fourth-order valence-electron chi connectivity index (χ4n) is 1.88. The van der Waals surface area contributed by atoms with Gasteiger partial charge in [-0.05, 0) is 31.0 Å². The highest BCUT2D eigenvalue weighted by atomic mass is 35.5. The van der Waals surface area contributed by atoms with E-state index in [2.05, 4.69) is 34.3 Å². The van der Waals surface area contributed by atoms with Gasteiger partial charge in [-0.3, -0.25) is 0 Å². The zero-order valence-corrected chi connectivity index (χ0v) is 14.0. The molecule has 0 atom stereocenters. The lowest BCUT2D eigenvalue weighted by Gasteiger charge is -2.07. The first kappa shape index (κ1) is 16.1. The molecule has 0 aliphatic carbocycles. The monoisotopic (exact) mass is 321 g/mol. The van der Waals surface area contributed by atoms with Gasteiger partial charge in [0, 0.05) is 29.1 Å². The summed E-state index contributed by atoms with van der Waals surface area (Å²) in [7, 11) is 0. The Morgan fingerprint density at radius 1 is 1.14 bits per heavy atom. The van der Waals surface area contributed by atoms with Crippen molar-refractivity contribution in [2.45, 2.75) is 31.8 Å². The van der Waals surface area contributed by atoms with Crippen LogP contribution in [-0.4, -0.2) is 16.5 Å². The van der Waals surface area contributed by atoms with Gasteiger partial charge in [0.05, 0.1) is 5.75 Å². The van der Waals surface area contributed by atoms with E-state index in [4.69, 9.17) is 11.6 Å². The molecule has 112 valence electrons. The molecule has 1 aromatic heterocycles. The molecule has 0 saturated heterocycles. The van der Waals surface area contributed by atoms with Gasteiger partial charge in [-0.1, -0.05) is 30.7 Å². The van der Waals surface area contributed by atoms with Crippen LogP contribution in [0.25, 0.3) is 0 Å². The summed E-state index contributed by atoms with van der Waals surface area (Å²) in [6.45, 7) is 5.09. The summed E-state index contributed by atoms with van der Waals surface area (Å²) in [5, 5.41) is 4.09. The summed E-state index contributed by atoms with van der Waals surface area (Å²) in [6, 6.07) is 9.95. The molecule has 5 heteroatoms. The molecule has 0 fully saturated rings. The third-order valence-corrected chi connectivity index (χ3v) is 4.12. The number of rotatable bonds is 7. The van der Waals surface area contributed by atoms with E-state index in [1.165, 1.54) is 5.56 Å². The first-order valence-electron chi connectivity index (χ1n) is 7.08. The predicted octanol–water partition coefficient (Wildman–Crippen LogP) is 4.69. The molecule has 0 radical (unpaired) electrons. The lowest BCUT2D eigenvalue weighted by molar-refractivity contribution is 0.940. The van der Waals surface area contributed by atoms with Gasteiger partial charge in [0.15, 0.2) is 0 Å². The van der Waals surface area contributed by atoms with Crippen molar-refractivity contribution in [2.24, 2.45) is 0 Å². The van der Waals surface area contributed by atoms with Crippen LogP contribution in [0.1, 0.15) is 30.4 Å². The van der Waals surface area contributed by atoms with Crippen molar-refractivity contribution in [3.63, 3.8) is 0 Å². The van der Waals surface area contributed by atoms with Gasteiger partial charge in [-0.2, -0.15) is 0 Å². The minimum Gasteiger partial charge on any atom is -0.370 e. The number of nitrogens with zero attached hydrogens (tertiary/aromatic N) is 2. The number of benzene rings is 1. The van der Waals surface area contributed by atoms with E-state index in [9.17, 15) is 0 Å². The SMILES string of the molecule is CCCNc1cc(C)nc(CSCc2ccc(Cl)cc2)n1. The molecule has 0 spiro atoms. The lowest BCUT2D eigenvalue weighted by atomic mass is 10.2. The zero-order chi connectivity index (χ0) is 15.1. The molecular formula is C16H20ClN3S. The van der Waals surface area contributed by atoms with Crippen molar-refractivity contribution >= 4 is 29.2 Å². The van der Waals surface area contributed by atoms with Gasteiger partial charge >= 0.3 is 0 Å². The number of aromatic nitrogens is 2. The van der Waals surface area contributed by atoms with Crippen LogP contribution < -0.4 is 5.32 Å². The average molecular weight is 322 g/mol. The van der Waals surface area contributed by atoms with Crippen molar-refractivity contribution in [2.75, 3.05) is 11.9 Å². The summed E-state index contributed by atoms with van der Waals surface area (Å²) >= 11 is 7.69. The van der Waals surface area contributed by atoms with Crippen LogP contribution in [0.3, 0.4) is 0 Å². The molecule has 0 saturated carbocycles. The van der Waals surface area contributed by atoms with Crippen LogP contribution >= 0.6 is 23.4 Å². The van der Waals surface area contributed by atoms with E-state index in [1.54, 1.807) is 0 Å². The van der Waals surface area contributed by atoms with Crippen LogP contribution in [0.2, 0.25) is 5.02 Å². The predicted molar refractivity (Wildman–Crippen MR) is 92.0 cm³/mol. The lowest BCUT2D eigenvalue weighted by Crippen LogP contribution is -2.05. The van der Waals surface area contributed by atoms with E-state index in [1.807, 2.05) is 36.9 Å². The summed E-state index contributed by atoms with van der Waals surface area (Å²) in [5.41, 5.74) is 2.27. The van der Waals surface area contributed by atoms with E-state index in [0.29, 0.717) is 0 Å². The number of anilines is 1. The summed E-state index contributed by atoms with van der Waals surface area (Å²) in [4.78, 5) is 9.05. The highest BCUT2D eigenvalue weighted by molar-refractivity contribution is 7.97. The Balaban J connectivity index is 1.90. The molecule has 1 heterocycles. The molecular weight excluding hydrogens is 302 g/mol. The third kappa shape index (κ3) is 5.56. The van der Waals surface area contributed by atoms with Gasteiger partial charge in [-0.15, -0.1) is 11.8 Å². The quantitative estimate of drug-likeness (QED) is 0.802. The molecule has 0 amide bonds. The fourth-order valence-corrected chi connectivity index (χ4v) is 2.85. The van der Waals surface area contributed by atoms with Crippen LogP contribution in [-0.2, 0) is 11.5 Å². The van der Waals surface area contributed by atoms with Crippen molar-refractivity contribution in [3.8, 4) is 0 Å². The molecule has 1 aromatic carbocycles. The van der Waals surface area contributed by atoms with Crippen LogP contribution in [0.5, 0.6) is 0 Å². The second-order valence-electron chi connectivity index (χ2n) is 4.86. The number of hydrogen-bond acceptors (Lipinski definition) is 4. The number of halogens is 1. The highest BCUT2D eigenvalue weighted by Gasteiger charge is 2.03. The fraction of sp³-hybridized carbons (Fsp3) is 0.375. The first-order chi connectivity index (χ1) is 10.2. The minimum atomic E-state index is 0.775. The van der Waals surface area contributed by atoms with Gasteiger partial charge in [-0.25, -0.2) is 9.97 Å². The first-order valence-corrected chi connectivity index (χ1v) is 8.61. The van der Waals surface area contributed by atoms with Gasteiger partial charge in [0.25, 0.3) is 0 Å². The normalized spacial score (nSPS) is 10.6. The van der Waals surface area contributed by atoms with Gasteiger partial charge in [0.1, 0.15) is 11.6 Å². The van der Waals surface area contributed by atoms with Crippen LogP contribution in [0, 0.1) is 6.92 Å². The molecule has 0 aliphatic rings. The highest BCUT2D eigenvalue weighted by Crippen LogP contribution is 2.19. The van der Waals surface area contributed by atoms with Crippen molar-refractivity contribution in [3.05, 3.63) is 52.4 Å². The largest absolute Gasteiger partial charge is 0.370 e. The number of thioether (sulfide) groups is 1. The van der Waals surface area contributed by atoms with E-state index >= 15 is 0 Å². The Morgan fingerprint density at radius 3 is 2.62 bits per heavy atom. The molecule has 21 heavy (non-hydrogen) atoms. The smallest absolute Gasteiger partial charge is 0.140 e. The minimum absolute atomic E-state index is 0.775. The molecule has 0 unspecified atom stereocenters. The van der Waals surface area contributed by atoms with Gasteiger partial charge < -0.3 is 5.32 Å². The van der Waals surface area contributed by atoms with E-state index < -0.39 is 0 Å². The average Bonchev–Trinajstić information content (AvgIpc) is 2.47.